The van der Waals surface area contributed by atoms with Gasteiger partial charge in [0.25, 0.3) is 5.91 Å². The number of fused-ring (bicyclic) bond motifs is 1. The van der Waals surface area contributed by atoms with Crippen molar-refractivity contribution in [2.75, 3.05) is 37.6 Å². The number of hydrogen-bond donors (Lipinski definition) is 0. The molecule has 6 rings (SSSR count). The van der Waals surface area contributed by atoms with Gasteiger partial charge in [0, 0.05) is 74.2 Å². The lowest BCUT2D eigenvalue weighted by molar-refractivity contribution is -0.117. The van der Waals surface area contributed by atoms with Crippen molar-refractivity contribution < 1.29 is 9.59 Å². The van der Waals surface area contributed by atoms with Crippen LogP contribution in [-0.2, 0) is 4.79 Å². The fourth-order valence-corrected chi connectivity index (χ4v) is 5.52. The summed E-state index contributed by atoms with van der Waals surface area (Å²) in [6.07, 6.45) is 6.04. The predicted octanol–water partition coefficient (Wildman–Crippen LogP) is 3.02. The highest BCUT2D eigenvalue weighted by atomic mass is 32.1. The number of carbonyl (C=O) groups excluding carboxylic acids is 2. The van der Waals surface area contributed by atoms with Gasteiger partial charge in [0.05, 0.1) is 11.9 Å². The number of aromatic nitrogens is 3. The Bertz CT molecular complexity index is 1340. The highest BCUT2D eigenvalue weighted by Gasteiger charge is 2.36. The number of anilines is 1. The number of carbonyl (C=O) groups is 2. The van der Waals surface area contributed by atoms with Crippen LogP contribution in [0.4, 0.5) is 5.69 Å². The lowest BCUT2D eigenvalue weighted by Gasteiger charge is -2.37. The Hall–Kier alpha value is -3.56. The largest absolute Gasteiger partial charge is 0.334 e. The third kappa shape index (κ3) is 3.76. The second-order valence-corrected chi connectivity index (χ2v) is 9.54. The number of nitrogens with zero attached hydrogens (tertiary/aromatic N) is 6. The molecule has 2 amide bonds. The first-order valence-corrected chi connectivity index (χ1v) is 12.3. The molecule has 1 atom stereocenters. The molecule has 2 saturated heterocycles. The van der Waals surface area contributed by atoms with Crippen molar-refractivity contribution in [3.63, 3.8) is 0 Å². The van der Waals surface area contributed by atoms with Gasteiger partial charge in [0.1, 0.15) is 5.65 Å². The van der Waals surface area contributed by atoms with Crippen LogP contribution in [-0.4, -0.2) is 74.7 Å². The van der Waals surface area contributed by atoms with Crippen molar-refractivity contribution in [2.24, 2.45) is 0 Å². The summed E-state index contributed by atoms with van der Waals surface area (Å²) in [4.78, 5) is 40.3. The molecule has 1 aromatic carbocycles. The van der Waals surface area contributed by atoms with Gasteiger partial charge in [-0.2, -0.15) is 0 Å². The summed E-state index contributed by atoms with van der Waals surface area (Å²) < 4.78 is 2.06. The third-order valence-electron chi connectivity index (χ3n) is 6.71. The van der Waals surface area contributed by atoms with E-state index in [1.54, 1.807) is 6.20 Å². The molecule has 2 aliphatic rings. The number of pyridine rings is 1. The Morgan fingerprint density at radius 1 is 1.03 bits per heavy atom. The van der Waals surface area contributed by atoms with Crippen molar-refractivity contribution >= 4 is 34.5 Å². The minimum Gasteiger partial charge on any atom is -0.334 e. The van der Waals surface area contributed by atoms with Crippen LogP contribution in [0.25, 0.3) is 16.9 Å². The minimum absolute atomic E-state index is 0.00276. The zero-order valence-electron chi connectivity index (χ0n) is 18.6. The molecule has 2 aliphatic heterocycles. The predicted molar refractivity (Wildman–Crippen MR) is 131 cm³/mol. The topological polar surface area (TPSA) is 74.1 Å². The quantitative estimate of drug-likeness (QED) is 0.457. The first-order valence-electron chi connectivity index (χ1n) is 11.4. The molecular weight excluding hydrogens is 448 g/mol. The fourth-order valence-electron chi connectivity index (χ4n) is 4.92. The molecule has 0 saturated carbocycles. The van der Waals surface area contributed by atoms with E-state index in [2.05, 4.69) is 31.4 Å². The van der Waals surface area contributed by atoms with Crippen LogP contribution >= 0.6 is 11.3 Å². The molecule has 2 fully saturated rings. The van der Waals surface area contributed by atoms with Crippen LogP contribution in [0.5, 0.6) is 0 Å². The number of benzene rings is 1. The van der Waals surface area contributed by atoms with Gasteiger partial charge < -0.3 is 9.80 Å². The van der Waals surface area contributed by atoms with Crippen LogP contribution in [0, 0.1) is 0 Å². The Kier molecular flexibility index (Phi) is 5.35. The normalized spacial score (nSPS) is 19.3. The van der Waals surface area contributed by atoms with E-state index in [-0.39, 0.29) is 17.9 Å². The van der Waals surface area contributed by atoms with Crippen molar-refractivity contribution in [2.45, 2.75) is 12.5 Å². The zero-order chi connectivity index (χ0) is 23.1. The summed E-state index contributed by atoms with van der Waals surface area (Å²) in [5.41, 5.74) is 3.84. The van der Waals surface area contributed by atoms with Gasteiger partial charge in [0.15, 0.2) is 5.01 Å². The second-order valence-electron chi connectivity index (χ2n) is 8.65. The average Bonchev–Trinajstić information content (AvgIpc) is 3.64. The first-order chi connectivity index (χ1) is 16.7. The molecule has 5 heterocycles. The smallest absolute Gasteiger partial charge is 0.282 e. The molecule has 1 unspecified atom stereocenters. The lowest BCUT2D eigenvalue weighted by Crippen LogP contribution is -2.52. The lowest BCUT2D eigenvalue weighted by atomic mass is 10.1. The maximum absolute atomic E-state index is 13.0. The van der Waals surface area contributed by atoms with Crippen molar-refractivity contribution in [3.8, 4) is 11.3 Å². The van der Waals surface area contributed by atoms with E-state index >= 15 is 0 Å². The molecule has 0 aliphatic carbocycles. The molecule has 4 aromatic rings. The molecule has 0 radical (unpaired) electrons. The molecule has 8 nitrogen and oxygen atoms in total. The molecule has 34 heavy (non-hydrogen) atoms. The molecule has 0 bridgehead atoms. The summed E-state index contributed by atoms with van der Waals surface area (Å²) in [7, 11) is 0. The molecule has 172 valence electrons. The van der Waals surface area contributed by atoms with E-state index < -0.39 is 0 Å². The van der Waals surface area contributed by atoms with Gasteiger partial charge in [-0.15, -0.1) is 11.3 Å². The number of amides is 2. The SMILES string of the molecule is O=C(c1nccs1)N1CCN(C2CC(=O)N(c3cccc(-c4cnc5ccccn45)c3)C2)CC1. The maximum atomic E-state index is 13.0. The van der Waals surface area contributed by atoms with Crippen molar-refractivity contribution in [1.29, 1.82) is 0 Å². The Balaban J connectivity index is 1.15. The van der Waals surface area contributed by atoms with Crippen molar-refractivity contribution in [1.82, 2.24) is 24.2 Å². The maximum Gasteiger partial charge on any atom is 0.282 e. The highest BCUT2D eigenvalue weighted by molar-refractivity contribution is 7.11. The summed E-state index contributed by atoms with van der Waals surface area (Å²) >= 11 is 1.38. The van der Waals surface area contributed by atoms with Gasteiger partial charge >= 0.3 is 0 Å². The third-order valence-corrected chi connectivity index (χ3v) is 7.47. The Morgan fingerprint density at radius 2 is 1.91 bits per heavy atom. The van der Waals surface area contributed by atoms with E-state index in [1.165, 1.54) is 11.3 Å². The van der Waals surface area contributed by atoms with Crippen LogP contribution in [0.2, 0.25) is 0 Å². The van der Waals surface area contributed by atoms with Crippen LogP contribution < -0.4 is 4.90 Å². The standard InChI is InChI=1S/C25H24N6O2S/c32-23-15-20(28-9-11-29(12-10-28)25(33)24-26-7-13-34-24)17-31(23)19-5-3-4-18(14-19)21-16-27-22-6-1-2-8-30(21)22/h1-8,13-14,16,20H,9-12,15,17H2. The summed E-state index contributed by atoms with van der Waals surface area (Å²) in [6.45, 7) is 3.52. The summed E-state index contributed by atoms with van der Waals surface area (Å²) in [5, 5.41) is 2.37. The number of hydrogen-bond acceptors (Lipinski definition) is 6. The molecule has 0 spiro atoms. The van der Waals surface area contributed by atoms with E-state index in [0.29, 0.717) is 31.1 Å². The zero-order valence-corrected chi connectivity index (χ0v) is 19.4. The average molecular weight is 473 g/mol. The van der Waals surface area contributed by atoms with E-state index in [4.69, 9.17) is 0 Å². The first kappa shape index (κ1) is 21.0. The highest BCUT2D eigenvalue weighted by Crippen LogP contribution is 2.29. The van der Waals surface area contributed by atoms with E-state index in [1.807, 2.05) is 57.9 Å². The summed E-state index contributed by atoms with van der Waals surface area (Å²) in [5.74, 6) is 0.143. The number of rotatable bonds is 4. The molecule has 9 heteroatoms. The van der Waals surface area contributed by atoms with Crippen LogP contribution in [0.15, 0.2) is 66.4 Å². The number of thiazole rings is 1. The van der Waals surface area contributed by atoms with Gasteiger partial charge in [-0.1, -0.05) is 18.2 Å². The van der Waals surface area contributed by atoms with Gasteiger partial charge in [-0.05, 0) is 24.3 Å². The molecule has 0 N–H and O–H groups in total. The molecular formula is C25H24N6O2S. The number of piperazine rings is 1. The van der Waals surface area contributed by atoms with Crippen molar-refractivity contribution in [3.05, 3.63) is 71.4 Å². The minimum atomic E-state index is 0.00276. The van der Waals surface area contributed by atoms with Gasteiger partial charge in [0.2, 0.25) is 5.91 Å². The van der Waals surface area contributed by atoms with Crippen LogP contribution in [0.1, 0.15) is 16.2 Å². The fraction of sp³-hybridized carbons (Fsp3) is 0.280. The Morgan fingerprint density at radius 3 is 2.74 bits per heavy atom. The van der Waals surface area contributed by atoms with Gasteiger partial charge in [-0.25, -0.2) is 9.97 Å². The Labute approximate surface area is 201 Å². The van der Waals surface area contributed by atoms with Crippen LogP contribution in [0.3, 0.4) is 0 Å². The summed E-state index contributed by atoms with van der Waals surface area (Å²) in [6, 6.07) is 14.2. The van der Waals surface area contributed by atoms with E-state index in [0.717, 1.165) is 35.7 Å². The molecule has 3 aromatic heterocycles. The second kappa shape index (κ2) is 8.66. The van der Waals surface area contributed by atoms with E-state index in [9.17, 15) is 9.59 Å². The number of imidazole rings is 1. The van der Waals surface area contributed by atoms with Gasteiger partial charge in [-0.3, -0.25) is 18.9 Å². The monoisotopic (exact) mass is 472 g/mol.